The van der Waals surface area contributed by atoms with Crippen LogP contribution in [0, 0.1) is 19.3 Å². The lowest BCUT2D eigenvalue weighted by molar-refractivity contribution is -0.117. The van der Waals surface area contributed by atoms with Crippen molar-refractivity contribution in [2.75, 3.05) is 0 Å². The predicted molar refractivity (Wildman–Crippen MR) is 108 cm³/mol. The van der Waals surface area contributed by atoms with Crippen LogP contribution in [0.5, 0.6) is 0 Å². The van der Waals surface area contributed by atoms with Gasteiger partial charge in [0.15, 0.2) is 4.80 Å². The van der Waals surface area contributed by atoms with Crippen LogP contribution in [0.15, 0.2) is 47.5 Å². The molecule has 0 atom stereocenters. The van der Waals surface area contributed by atoms with Crippen LogP contribution < -0.4 is 4.80 Å². The van der Waals surface area contributed by atoms with E-state index in [1.54, 1.807) is 0 Å². The number of aromatic nitrogens is 1. The first kappa shape index (κ1) is 18.2. The summed E-state index contributed by atoms with van der Waals surface area (Å²) in [5, 5.41) is 0. The highest BCUT2D eigenvalue weighted by Crippen LogP contribution is 2.19. The van der Waals surface area contributed by atoms with E-state index in [0.717, 1.165) is 15.8 Å². The maximum Gasteiger partial charge on any atom is 0.252 e. The van der Waals surface area contributed by atoms with Gasteiger partial charge in [0.25, 0.3) is 5.91 Å². The molecule has 0 saturated heterocycles. The van der Waals surface area contributed by atoms with Crippen molar-refractivity contribution < 1.29 is 4.79 Å². The number of nitrogens with zero attached hydrogens (tertiary/aromatic N) is 2. The first-order valence-corrected chi connectivity index (χ1v) is 9.49. The number of hydrogen-bond donors (Lipinski definition) is 0. The summed E-state index contributed by atoms with van der Waals surface area (Å²) in [6, 6.07) is 14.3. The maximum atomic E-state index is 12.5. The van der Waals surface area contributed by atoms with Crippen LogP contribution in [-0.2, 0) is 17.8 Å². The Morgan fingerprint density at radius 1 is 1.23 bits per heavy atom. The SMILES string of the molecule is C#CCn1c(=NC(=O)Cc2ccc(C(C)C)cc2)sc2cc(C)ccc21. The van der Waals surface area contributed by atoms with Gasteiger partial charge in [-0.25, -0.2) is 0 Å². The van der Waals surface area contributed by atoms with E-state index in [1.165, 1.54) is 22.5 Å². The second-order valence-electron chi connectivity index (χ2n) is 6.72. The van der Waals surface area contributed by atoms with Gasteiger partial charge in [-0.15, -0.1) is 6.42 Å². The number of hydrogen-bond acceptors (Lipinski definition) is 2. The van der Waals surface area contributed by atoms with E-state index in [-0.39, 0.29) is 5.91 Å². The lowest BCUT2D eigenvalue weighted by Crippen LogP contribution is -2.17. The number of carbonyl (C=O) groups excluding carboxylic acids is 1. The molecule has 0 bridgehead atoms. The normalized spacial score (nSPS) is 11.9. The summed E-state index contributed by atoms with van der Waals surface area (Å²) in [6.45, 7) is 6.76. The number of aryl methyl sites for hydroxylation is 1. The van der Waals surface area contributed by atoms with E-state index in [1.807, 2.05) is 35.8 Å². The number of benzene rings is 2. The van der Waals surface area contributed by atoms with Crippen molar-refractivity contribution >= 4 is 27.5 Å². The van der Waals surface area contributed by atoms with Crippen LogP contribution in [0.25, 0.3) is 10.2 Å². The molecule has 3 nitrogen and oxygen atoms in total. The number of carbonyl (C=O) groups is 1. The Kier molecular flexibility index (Phi) is 5.39. The highest BCUT2D eigenvalue weighted by atomic mass is 32.1. The first-order valence-electron chi connectivity index (χ1n) is 8.68. The van der Waals surface area contributed by atoms with Crippen molar-refractivity contribution in [1.29, 1.82) is 0 Å². The predicted octanol–water partition coefficient (Wildman–Crippen LogP) is 4.44. The molecule has 26 heavy (non-hydrogen) atoms. The van der Waals surface area contributed by atoms with Crippen LogP contribution in [-0.4, -0.2) is 10.5 Å². The standard InChI is InChI=1S/C22H22N2OS/c1-5-12-24-19-11-6-16(4)13-20(19)26-22(24)23-21(25)14-17-7-9-18(10-8-17)15(2)3/h1,6-11,13,15H,12,14H2,2-4H3. The van der Waals surface area contributed by atoms with Crippen LogP contribution in [0.1, 0.15) is 36.5 Å². The quantitative estimate of drug-likeness (QED) is 0.632. The molecule has 0 fully saturated rings. The molecule has 0 aliphatic rings. The third-order valence-electron chi connectivity index (χ3n) is 4.31. The molecule has 3 rings (SSSR count). The van der Waals surface area contributed by atoms with Gasteiger partial charge in [-0.05, 0) is 41.7 Å². The molecule has 0 aliphatic carbocycles. The average molecular weight is 362 g/mol. The Hall–Kier alpha value is -2.64. The number of amides is 1. The van der Waals surface area contributed by atoms with Crippen LogP contribution in [0.3, 0.4) is 0 Å². The molecule has 4 heteroatoms. The van der Waals surface area contributed by atoms with Gasteiger partial charge in [-0.2, -0.15) is 4.99 Å². The molecule has 3 aromatic rings. The number of thiazole rings is 1. The fraction of sp³-hybridized carbons (Fsp3) is 0.273. The number of rotatable bonds is 4. The minimum absolute atomic E-state index is 0.156. The van der Waals surface area contributed by atoms with Crippen molar-refractivity contribution in [3.8, 4) is 12.3 Å². The largest absolute Gasteiger partial charge is 0.305 e. The molecule has 1 heterocycles. The molecule has 0 aliphatic heterocycles. The highest BCUT2D eigenvalue weighted by Gasteiger charge is 2.08. The van der Waals surface area contributed by atoms with Gasteiger partial charge < -0.3 is 4.57 Å². The summed E-state index contributed by atoms with van der Waals surface area (Å²) in [6.07, 6.45) is 5.80. The zero-order chi connectivity index (χ0) is 18.7. The van der Waals surface area contributed by atoms with Crippen LogP contribution in [0.4, 0.5) is 0 Å². The summed E-state index contributed by atoms with van der Waals surface area (Å²) >= 11 is 1.50. The van der Waals surface area contributed by atoms with E-state index in [4.69, 9.17) is 6.42 Å². The van der Waals surface area contributed by atoms with Gasteiger partial charge >= 0.3 is 0 Å². The van der Waals surface area contributed by atoms with Crippen molar-refractivity contribution in [3.63, 3.8) is 0 Å². The fourth-order valence-corrected chi connectivity index (χ4v) is 4.00. The van der Waals surface area contributed by atoms with Gasteiger partial charge in [0, 0.05) is 0 Å². The molecule has 1 aromatic heterocycles. The third kappa shape index (κ3) is 3.95. The van der Waals surface area contributed by atoms with Crippen molar-refractivity contribution in [2.45, 2.75) is 39.7 Å². The second-order valence-corrected chi connectivity index (χ2v) is 7.73. The number of terminal acetylenes is 1. The Balaban J connectivity index is 1.92. The zero-order valence-electron chi connectivity index (χ0n) is 15.3. The average Bonchev–Trinajstić information content (AvgIpc) is 2.92. The molecule has 0 saturated carbocycles. The summed E-state index contributed by atoms with van der Waals surface area (Å²) in [5.41, 5.74) is 4.44. The fourth-order valence-electron chi connectivity index (χ4n) is 2.85. The van der Waals surface area contributed by atoms with Gasteiger partial charge in [0.1, 0.15) is 0 Å². The summed E-state index contributed by atoms with van der Waals surface area (Å²) in [7, 11) is 0. The van der Waals surface area contributed by atoms with E-state index >= 15 is 0 Å². The topological polar surface area (TPSA) is 34.4 Å². The summed E-state index contributed by atoms with van der Waals surface area (Å²) < 4.78 is 3.02. The minimum Gasteiger partial charge on any atom is -0.305 e. The van der Waals surface area contributed by atoms with Gasteiger partial charge in [0.05, 0.1) is 23.2 Å². The van der Waals surface area contributed by atoms with E-state index in [0.29, 0.717) is 23.7 Å². The van der Waals surface area contributed by atoms with Gasteiger partial charge in [-0.1, -0.05) is 61.4 Å². The Morgan fingerprint density at radius 3 is 2.62 bits per heavy atom. The Bertz CT molecular complexity index is 1050. The van der Waals surface area contributed by atoms with Gasteiger partial charge in [-0.3, -0.25) is 4.79 Å². The molecule has 0 spiro atoms. The van der Waals surface area contributed by atoms with Gasteiger partial charge in [0.2, 0.25) is 0 Å². The highest BCUT2D eigenvalue weighted by molar-refractivity contribution is 7.16. The van der Waals surface area contributed by atoms with Crippen molar-refractivity contribution in [3.05, 3.63) is 64.0 Å². The molecular formula is C22H22N2OS. The summed E-state index contributed by atoms with van der Waals surface area (Å²) in [5.74, 6) is 2.98. The van der Waals surface area contributed by atoms with E-state index in [9.17, 15) is 4.79 Å². The van der Waals surface area contributed by atoms with Crippen LogP contribution in [0.2, 0.25) is 0 Å². The second kappa shape index (κ2) is 7.72. The lowest BCUT2D eigenvalue weighted by Gasteiger charge is -2.05. The molecule has 0 radical (unpaired) electrons. The molecule has 0 unspecified atom stereocenters. The maximum absolute atomic E-state index is 12.5. The third-order valence-corrected chi connectivity index (χ3v) is 5.35. The van der Waals surface area contributed by atoms with Crippen LogP contribution >= 0.6 is 11.3 Å². The molecule has 2 aromatic carbocycles. The van der Waals surface area contributed by atoms with E-state index < -0.39 is 0 Å². The monoisotopic (exact) mass is 362 g/mol. The molecular weight excluding hydrogens is 340 g/mol. The zero-order valence-corrected chi connectivity index (χ0v) is 16.1. The van der Waals surface area contributed by atoms with Crippen molar-refractivity contribution in [1.82, 2.24) is 4.57 Å². The lowest BCUT2D eigenvalue weighted by atomic mass is 10.0. The molecule has 1 amide bonds. The minimum atomic E-state index is -0.156. The Labute approximate surface area is 158 Å². The smallest absolute Gasteiger partial charge is 0.252 e. The molecule has 132 valence electrons. The number of fused-ring (bicyclic) bond motifs is 1. The van der Waals surface area contributed by atoms with E-state index in [2.05, 4.69) is 43.0 Å². The Morgan fingerprint density at radius 2 is 1.96 bits per heavy atom. The molecule has 0 N–H and O–H groups in total. The van der Waals surface area contributed by atoms with Crippen molar-refractivity contribution in [2.24, 2.45) is 4.99 Å². The first-order chi connectivity index (χ1) is 12.5. The summed E-state index contributed by atoms with van der Waals surface area (Å²) in [4.78, 5) is 17.5.